The second-order valence-corrected chi connectivity index (χ2v) is 10.5. The van der Waals surface area contributed by atoms with Crippen molar-refractivity contribution in [3.63, 3.8) is 0 Å². The van der Waals surface area contributed by atoms with E-state index < -0.39 is 0 Å². The molecule has 3 unspecified atom stereocenters. The highest BCUT2D eigenvalue weighted by molar-refractivity contribution is 9.09. The number of hydrogen-bond donors (Lipinski definition) is 0. The Morgan fingerprint density at radius 1 is 0.889 bits per heavy atom. The quantitative estimate of drug-likeness (QED) is 0.342. The molecule has 0 spiro atoms. The Labute approximate surface area is 173 Å². The van der Waals surface area contributed by atoms with Crippen LogP contribution in [0, 0.1) is 11.8 Å². The van der Waals surface area contributed by atoms with E-state index in [4.69, 9.17) is 0 Å². The zero-order chi connectivity index (χ0) is 18.2. The van der Waals surface area contributed by atoms with Crippen molar-refractivity contribution in [3.8, 4) is 0 Å². The third-order valence-electron chi connectivity index (χ3n) is 7.39. The van der Waals surface area contributed by atoms with Crippen LogP contribution in [0.25, 0.3) is 0 Å². The fourth-order valence-electron chi connectivity index (χ4n) is 5.63. The molecule has 0 aliphatic heterocycles. The van der Waals surface area contributed by atoms with Crippen molar-refractivity contribution in [2.45, 2.75) is 74.5 Å². The minimum Gasteiger partial charge on any atom is -0.0891 e. The normalized spacial score (nSPS) is 33.7. The summed E-state index contributed by atoms with van der Waals surface area (Å²) in [6, 6.07) is 9.81. The topological polar surface area (TPSA) is 0 Å². The van der Waals surface area contributed by atoms with E-state index >= 15 is 0 Å². The summed E-state index contributed by atoms with van der Waals surface area (Å²) < 4.78 is 0. The van der Waals surface area contributed by atoms with Crippen LogP contribution in [0.2, 0.25) is 0 Å². The van der Waals surface area contributed by atoms with Crippen molar-refractivity contribution in [1.29, 1.82) is 0 Å². The van der Waals surface area contributed by atoms with Crippen molar-refractivity contribution in [2.75, 3.05) is 0 Å². The van der Waals surface area contributed by atoms with E-state index in [0.717, 1.165) is 22.6 Å². The Balaban J connectivity index is 1.41. The van der Waals surface area contributed by atoms with Crippen LogP contribution < -0.4 is 0 Å². The van der Waals surface area contributed by atoms with Crippen molar-refractivity contribution in [3.05, 3.63) is 70.8 Å². The molecule has 5 rings (SSSR count). The first-order valence-electron chi connectivity index (χ1n) is 11.1. The molecule has 4 aliphatic rings. The van der Waals surface area contributed by atoms with E-state index in [1.807, 2.05) is 0 Å². The van der Waals surface area contributed by atoms with Crippen molar-refractivity contribution in [2.24, 2.45) is 11.8 Å². The first-order chi connectivity index (χ1) is 13.3. The van der Waals surface area contributed by atoms with Gasteiger partial charge in [0.05, 0.1) is 0 Å². The molecule has 0 nitrogen and oxygen atoms in total. The van der Waals surface area contributed by atoms with E-state index in [1.165, 1.54) is 63.4 Å². The predicted molar refractivity (Wildman–Crippen MR) is 118 cm³/mol. The van der Waals surface area contributed by atoms with E-state index in [2.05, 4.69) is 64.5 Å². The molecule has 1 aromatic carbocycles. The molecule has 0 radical (unpaired) electrons. The van der Waals surface area contributed by atoms with Crippen LogP contribution in [-0.4, -0.2) is 4.83 Å². The zero-order valence-electron chi connectivity index (χ0n) is 16.2. The Morgan fingerprint density at radius 2 is 1.70 bits per heavy atom. The van der Waals surface area contributed by atoms with Crippen LogP contribution >= 0.6 is 15.9 Å². The molecule has 0 aromatic heterocycles. The number of benzene rings is 1. The number of hydrogen-bond acceptors (Lipinski definition) is 0. The minimum absolute atomic E-state index is 0.531. The average Bonchev–Trinajstić information content (AvgIpc) is 3.49. The summed E-state index contributed by atoms with van der Waals surface area (Å²) in [5.74, 6) is 3.21. The monoisotopic (exact) mass is 422 g/mol. The zero-order valence-corrected chi connectivity index (χ0v) is 17.8. The third kappa shape index (κ3) is 3.90. The molecule has 4 aliphatic carbocycles. The molecule has 1 aromatic rings. The van der Waals surface area contributed by atoms with Gasteiger partial charge in [-0.05, 0) is 86.7 Å². The predicted octanol–water partition coefficient (Wildman–Crippen LogP) is 7.82. The van der Waals surface area contributed by atoms with Gasteiger partial charge in [-0.25, -0.2) is 0 Å². The lowest BCUT2D eigenvalue weighted by molar-refractivity contribution is 0.457. The Morgan fingerprint density at radius 3 is 2.41 bits per heavy atom. The molecule has 142 valence electrons. The Bertz CT molecular complexity index is 758. The standard InChI is InChI=1S/C26H31Br/c27-25-14-12-19(13-15-25)18-6-8-21(9-7-18)26(20-4-2-1-3-5-20)23-11-10-22-16-24(22)17-23/h1-2,4,6-9,17,19,22,24-26H,3,5,10-16H2. The van der Waals surface area contributed by atoms with Gasteiger partial charge in [0, 0.05) is 10.7 Å². The third-order valence-corrected chi connectivity index (χ3v) is 8.31. The maximum atomic E-state index is 3.80. The Hall–Kier alpha value is -1.08. The summed E-state index contributed by atoms with van der Waals surface area (Å²) in [5, 5.41) is 0. The smallest absolute Gasteiger partial charge is 0.0261 e. The lowest BCUT2D eigenvalue weighted by Gasteiger charge is -2.29. The highest BCUT2D eigenvalue weighted by atomic mass is 79.9. The summed E-state index contributed by atoms with van der Waals surface area (Å²) in [6.07, 6.45) is 21.6. The SMILES string of the molecule is BrC1CCC(c2ccc(C(C3=CC=CCC3)C3=CC4CC4CC3)cc2)CC1. The second-order valence-electron chi connectivity index (χ2n) is 9.20. The molecule has 2 fully saturated rings. The fourth-order valence-corrected chi connectivity index (χ4v) is 6.16. The van der Waals surface area contributed by atoms with Gasteiger partial charge >= 0.3 is 0 Å². The maximum Gasteiger partial charge on any atom is 0.0261 e. The molecule has 0 bridgehead atoms. The minimum atomic E-state index is 0.531. The van der Waals surface area contributed by atoms with Gasteiger partial charge in [-0.15, -0.1) is 0 Å². The molecule has 0 amide bonds. The van der Waals surface area contributed by atoms with Crippen LogP contribution in [-0.2, 0) is 0 Å². The molecular formula is C26H31Br. The van der Waals surface area contributed by atoms with Crippen LogP contribution in [0.5, 0.6) is 0 Å². The van der Waals surface area contributed by atoms with E-state index in [0.29, 0.717) is 5.92 Å². The molecule has 2 saturated carbocycles. The van der Waals surface area contributed by atoms with Gasteiger partial charge in [0.25, 0.3) is 0 Å². The van der Waals surface area contributed by atoms with Crippen LogP contribution in [0.1, 0.15) is 80.8 Å². The van der Waals surface area contributed by atoms with Gasteiger partial charge in [-0.2, -0.15) is 0 Å². The number of fused-ring (bicyclic) bond motifs is 1. The first-order valence-corrected chi connectivity index (χ1v) is 12.0. The second kappa shape index (κ2) is 7.74. The molecule has 0 saturated heterocycles. The molecular weight excluding hydrogens is 392 g/mol. The number of allylic oxidation sites excluding steroid dienone is 6. The average molecular weight is 423 g/mol. The van der Waals surface area contributed by atoms with Gasteiger partial charge in [0.1, 0.15) is 0 Å². The van der Waals surface area contributed by atoms with Gasteiger partial charge in [-0.3, -0.25) is 0 Å². The number of alkyl halides is 1. The van der Waals surface area contributed by atoms with Gasteiger partial charge in [0.15, 0.2) is 0 Å². The van der Waals surface area contributed by atoms with Crippen molar-refractivity contribution in [1.82, 2.24) is 0 Å². The maximum absolute atomic E-state index is 3.80. The highest BCUT2D eigenvalue weighted by Crippen LogP contribution is 2.52. The lowest BCUT2D eigenvalue weighted by atomic mass is 9.76. The summed E-state index contributed by atoms with van der Waals surface area (Å²) in [5.41, 5.74) is 6.44. The van der Waals surface area contributed by atoms with Gasteiger partial charge < -0.3 is 0 Å². The van der Waals surface area contributed by atoms with Gasteiger partial charge in [0.2, 0.25) is 0 Å². The van der Waals surface area contributed by atoms with E-state index in [1.54, 1.807) is 16.7 Å². The number of halogens is 1. The molecule has 3 atom stereocenters. The van der Waals surface area contributed by atoms with E-state index in [9.17, 15) is 0 Å². The summed E-state index contributed by atoms with van der Waals surface area (Å²) in [7, 11) is 0. The van der Waals surface area contributed by atoms with Crippen LogP contribution in [0.4, 0.5) is 0 Å². The van der Waals surface area contributed by atoms with Crippen LogP contribution in [0.15, 0.2) is 59.7 Å². The highest BCUT2D eigenvalue weighted by Gasteiger charge is 2.39. The lowest BCUT2D eigenvalue weighted by Crippen LogP contribution is -2.13. The van der Waals surface area contributed by atoms with Crippen LogP contribution in [0.3, 0.4) is 0 Å². The van der Waals surface area contributed by atoms with Crippen molar-refractivity contribution < 1.29 is 0 Å². The van der Waals surface area contributed by atoms with Crippen molar-refractivity contribution >= 4 is 15.9 Å². The molecule has 27 heavy (non-hydrogen) atoms. The largest absolute Gasteiger partial charge is 0.0891 e. The summed E-state index contributed by atoms with van der Waals surface area (Å²) in [4.78, 5) is 0.744. The Kier molecular flexibility index (Phi) is 5.15. The molecule has 0 heterocycles. The first kappa shape index (κ1) is 18.0. The van der Waals surface area contributed by atoms with Gasteiger partial charge in [-0.1, -0.05) is 75.6 Å². The summed E-state index contributed by atoms with van der Waals surface area (Å²) >= 11 is 3.80. The molecule has 0 N–H and O–H groups in total. The molecule has 1 heteroatoms. The summed E-state index contributed by atoms with van der Waals surface area (Å²) in [6.45, 7) is 0. The number of rotatable bonds is 4. The van der Waals surface area contributed by atoms with E-state index in [-0.39, 0.29) is 0 Å². The fraction of sp³-hybridized carbons (Fsp3) is 0.538.